The van der Waals surface area contributed by atoms with E-state index in [2.05, 4.69) is 11.0 Å². The Bertz CT molecular complexity index is 910. The second-order valence-corrected chi connectivity index (χ2v) is 8.40. The van der Waals surface area contributed by atoms with Crippen LogP contribution in [0.25, 0.3) is 6.08 Å². The Labute approximate surface area is 147 Å². The van der Waals surface area contributed by atoms with Gasteiger partial charge in [-0.3, -0.25) is 9.69 Å². The number of furan rings is 1. The first-order chi connectivity index (χ1) is 11.5. The molecule has 2 aromatic heterocycles. The van der Waals surface area contributed by atoms with Crippen LogP contribution in [-0.4, -0.2) is 30.9 Å². The van der Waals surface area contributed by atoms with Gasteiger partial charge in [0.15, 0.2) is 5.17 Å². The van der Waals surface area contributed by atoms with Crippen LogP contribution in [0, 0.1) is 0 Å². The van der Waals surface area contributed by atoms with Crippen LogP contribution in [0.1, 0.15) is 5.76 Å². The maximum absolute atomic E-state index is 12.5. The van der Waals surface area contributed by atoms with E-state index in [1.54, 1.807) is 29.7 Å². The van der Waals surface area contributed by atoms with Gasteiger partial charge < -0.3 is 4.42 Å². The molecule has 1 fully saturated rings. The first-order valence-electron chi connectivity index (χ1n) is 6.75. The lowest BCUT2D eigenvalue weighted by atomic mass is 10.3. The minimum atomic E-state index is -3.85. The summed E-state index contributed by atoms with van der Waals surface area (Å²) in [6.07, 6.45) is 4.57. The second kappa shape index (κ2) is 6.80. The summed E-state index contributed by atoms with van der Waals surface area (Å²) < 4.78 is 33.8. The summed E-state index contributed by atoms with van der Waals surface area (Å²) >= 11 is 2.07. The molecule has 1 saturated heterocycles. The number of hydrogen-bond acceptors (Lipinski definition) is 6. The average Bonchev–Trinajstić information content (AvgIpc) is 3.26. The largest absolute Gasteiger partial charge is 0.465 e. The van der Waals surface area contributed by atoms with Gasteiger partial charge in [0.2, 0.25) is 0 Å². The predicted octanol–water partition coefficient (Wildman–Crippen LogP) is 3.19. The number of nitrogens with zero attached hydrogens (tertiary/aromatic N) is 2. The lowest BCUT2D eigenvalue weighted by molar-refractivity contribution is -0.121. The van der Waals surface area contributed by atoms with Crippen molar-refractivity contribution in [2.45, 2.75) is 4.21 Å². The molecule has 0 saturated carbocycles. The van der Waals surface area contributed by atoms with E-state index in [0.717, 1.165) is 23.1 Å². The second-order valence-electron chi connectivity index (χ2n) is 4.61. The summed E-state index contributed by atoms with van der Waals surface area (Å²) in [4.78, 5) is 14.1. The molecule has 0 N–H and O–H groups in total. The van der Waals surface area contributed by atoms with Crippen molar-refractivity contribution in [1.29, 1.82) is 0 Å². The van der Waals surface area contributed by atoms with E-state index < -0.39 is 10.0 Å². The molecule has 0 spiro atoms. The third-order valence-electron chi connectivity index (χ3n) is 2.96. The summed E-state index contributed by atoms with van der Waals surface area (Å²) in [6.45, 7) is 3.76. The summed E-state index contributed by atoms with van der Waals surface area (Å²) in [5.41, 5.74) is 0. The molecular weight excluding hydrogens is 368 g/mol. The number of thioether (sulfide) groups is 1. The highest BCUT2D eigenvalue weighted by molar-refractivity contribution is 8.19. The lowest BCUT2D eigenvalue weighted by Crippen LogP contribution is -2.29. The van der Waals surface area contributed by atoms with Crippen molar-refractivity contribution in [2.24, 2.45) is 4.40 Å². The van der Waals surface area contributed by atoms with Crippen molar-refractivity contribution >= 4 is 50.3 Å². The minimum absolute atomic E-state index is 0.103. The highest BCUT2D eigenvalue weighted by Crippen LogP contribution is 2.34. The molecule has 0 radical (unpaired) electrons. The third kappa shape index (κ3) is 3.37. The van der Waals surface area contributed by atoms with Gasteiger partial charge >= 0.3 is 0 Å². The number of sulfonamides is 1. The van der Waals surface area contributed by atoms with Gasteiger partial charge in [0.25, 0.3) is 15.9 Å². The molecule has 3 heterocycles. The fourth-order valence-corrected chi connectivity index (χ4v) is 5.07. The van der Waals surface area contributed by atoms with Crippen LogP contribution < -0.4 is 0 Å². The molecule has 2 aromatic rings. The number of carbonyl (C=O) groups is 1. The molecule has 1 aliphatic rings. The number of carbonyl (C=O) groups excluding carboxylic acids is 1. The van der Waals surface area contributed by atoms with E-state index in [-0.39, 0.29) is 21.8 Å². The van der Waals surface area contributed by atoms with Crippen LogP contribution in [-0.2, 0) is 14.8 Å². The van der Waals surface area contributed by atoms with Crippen LogP contribution in [0.15, 0.2) is 66.5 Å². The first-order valence-corrected chi connectivity index (χ1v) is 9.89. The number of amides is 1. The average molecular weight is 380 g/mol. The van der Waals surface area contributed by atoms with Crippen LogP contribution >= 0.6 is 23.1 Å². The van der Waals surface area contributed by atoms with Crippen LogP contribution in [0.2, 0.25) is 0 Å². The fourth-order valence-electron chi connectivity index (χ4n) is 1.93. The molecule has 0 aliphatic carbocycles. The van der Waals surface area contributed by atoms with E-state index in [9.17, 15) is 13.2 Å². The number of thiophene rings is 1. The van der Waals surface area contributed by atoms with Crippen molar-refractivity contribution in [1.82, 2.24) is 4.90 Å². The van der Waals surface area contributed by atoms with Crippen molar-refractivity contribution < 1.29 is 17.6 Å². The molecule has 6 nitrogen and oxygen atoms in total. The zero-order chi connectivity index (χ0) is 17.2. The predicted molar refractivity (Wildman–Crippen MR) is 95.1 cm³/mol. The molecule has 24 heavy (non-hydrogen) atoms. The van der Waals surface area contributed by atoms with Gasteiger partial charge in [-0.15, -0.1) is 22.3 Å². The van der Waals surface area contributed by atoms with E-state index in [1.165, 1.54) is 23.3 Å². The maximum Gasteiger partial charge on any atom is 0.294 e. The van der Waals surface area contributed by atoms with Gasteiger partial charge in [0.05, 0.1) is 11.2 Å². The van der Waals surface area contributed by atoms with E-state index >= 15 is 0 Å². The Kier molecular flexibility index (Phi) is 4.74. The molecule has 9 heteroatoms. The highest BCUT2D eigenvalue weighted by Gasteiger charge is 2.34. The summed E-state index contributed by atoms with van der Waals surface area (Å²) in [7, 11) is -3.85. The Morgan fingerprint density at radius 2 is 2.17 bits per heavy atom. The fraction of sp³-hybridized carbons (Fsp3) is 0.0667. The van der Waals surface area contributed by atoms with Crippen LogP contribution in [0.3, 0.4) is 0 Å². The smallest absolute Gasteiger partial charge is 0.294 e. The van der Waals surface area contributed by atoms with Crippen LogP contribution in [0.5, 0.6) is 0 Å². The molecule has 0 aromatic carbocycles. The summed E-state index contributed by atoms with van der Waals surface area (Å²) in [5, 5.41) is 1.76. The standard InChI is InChI=1S/C15H12N2O4S3/c1-2-7-17-14(18)12(10-11-5-3-8-21-11)23-15(17)16-24(19,20)13-6-4-9-22-13/h2-6,8-10H,1,7H2/b12-10+,16-15-. The molecular formula is C15H12N2O4S3. The summed E-state index contributed by atoms with van der Waals surface area (Å²) in [5.74, 6) is 0.170. The van der Waals surface area contributed by atoms with E-state index in [0.29, 0.717) is 10.7 Å². The number of hydrogen-bond donors (Lipinski definition) is 0. The highest BCUT2D eigenvalue weighted by atomic mass is 32.2. The topological polar surface area (TPSA) is 80.0 Å². The Morgan fingerprint density at radius 3 is 2.79 bits per heavy atom. The van der Waals surface area contributed by atoms with E-state index in [4.69, 9.17) is 4.42 Å². The molecule has 1 amide bonds. The molecule has 3 rings (SSSR count). The monoisotopic (exact) mass is 380 g/mol. The van der Waals surface area contributed by atoms with Gasteiger partial charge in [-0.05, 0) is 35.3 Å². The van der Waals surface area contributed by atoms with Crippen molar-refractivity contribution in [3.05, 3.63) is 59.2 Å². The minimum Gasteiger partial charge on any atom is -0.465 e. The Balaban J connectivity index is 1.98. The maximum atomic E-state index is 12.5. The van der Waals surface area contributed by atoms with Crippen LogP contribution in [0.4, 0.5) is 0 Å². The van der Waals surface area contributed by atoms with Gasteiger partial charge in [-0.25, -0.2) is 0 Å². The van der Waals surface area contributed by atoms with Crippen molar-refractivity contribution in [2.75, 3.05) is 6.54 Å². The van der Waals surface area contributed by atoms with Gasteiger partial charge in [-0.2, -0.15) is 8.42 Å². The number of amidine groups is 1. The molecule has 1 aliphatic heterocycles. The zero-order valence-corrected chi connectivity index (χ0v) is 14.7. The quantitative estimate of drug-likeness (QED) is 0.588. The molecule has 0 unspecified atom stereocenters. The van der Waals surface area contributed by atoms with Crippen molar-refractivity contribution in [3.63, 3.8) is 0 Å². The molecule has 0 atom stereocenters. The zero-order valence-electron chi connectivity index (χ0n) is 12.3. The lowest BCUT2D eigenvalue weighted by Gasteiger charge is -2.12. The van der Waals surface area contributed by atoms with Gasteiger partial charge in [0.1, 0.15) is 9.97 Å². The molecule has 0 bridgehead atoms. The number of rotatable bonds is 5. The van der Waals surface area contributed by atoms with Crippen molar-refractivity contribution in [3.8, 4) is 0 Å². The SMILES string of the molecule is C=CCN1C(=O)/C(=C\c2ccco2)S/C1=N\S(=O)(=O)c1cccs1. The van der Waals surface area contributed by atoms with E-state index in [1.807, 2.05) is 0 Å². The van der Waals surface area contributed by atoms with Gasteiger partial charge in [-0.1, -0.05) is 12.1 Å². The normalized spacial score (nSPS) is 18.7. The Hall–Kier alpha value is -2.10. The Morgan fingerprint density at radius 1 is 1.33 bits per heavy atom. The first kappa shape index (κ1) is 16.7. The van der Waals surface area contributed by atoms with Gasteiger partial charge in [0, 0.05) is 12.6 Å². The molecule has 124 valence electrons. The summed E-state index contributed by atoms with van der Waals surface area (Å²) in [6, 6.07) is 6.52. The third-order valence-corrected chi connectivity index (χ3v) is 6.73.